The summed E-state index contributed by atoms with van der Waals surface area (Å²) in [6.45, 7) is 3.33. The fourth-order valence-electron chi connectivity index (χ4n) is 1.44. The standard InChI is InChI=1S/C13H25N3O5S/c1-13(2,8-21-10(18)7-14)11(19)12(20)16-4-3-9(17)15-5-6-22/h11,19,22H,3-8,14H2,1-2H3,(H,15,17)(H,16,20). The molecular weight excluding hydrogens is 310 g/mol. The number of amides is 2. The number of carbonyl (C=O) groups excluding carboxylic acids is 3. The highest BCUT2D eigenvalue weighted by Crippen LogP contribution is 2.21. The molecule has 1 atom stereocenters. The van der Waals surface area contributed by atoms with Gasteiger partial charge in [-0.2, -0.15) is 12.6 Å². The average molecular weight is 335 g/mol. The lowest BCUT2D eigenvalue weighted by molar-refractivity contribution is -0.152. The van der Waals surface area contributed by atoms with Crippen LogP contribution in [-0.2, 0) is 19.1 Å². The molecule has 0 aliphatic heterocycles. The van der Waals surface area contributed by atoms with Gasteiger partial charge in [-0.3, -0.25) is 14.4 Å². The van der Waals surface area contributed by atoms with Crippen LogP contribution in [0.15, 0.2) is 0 Å². The zero-order valence-corrected chi connectivity index (χ0v) is 13.8. The van der Waals surface area contributed by atoms with E-state index < -0.39 is 23.4 Å². The third-order valence-corrected chi connectivity index (χ3v) is 3.07. The number of ether oxygens (including phenoxy) is 1. The van der Waals surface area contributed by atoms with Crippen molar-refractivity contribution in [1.82, 2.24) is 10.6 Å². The fourth-order valence-corrected chi connectivity index (χ4v) is 1.55. The summed E-state index contributed by atoms with van der Waals surface area (Å²) in [6.07, 6.45) is -1.27. The summed E-state index contributed by atoms with van der Waals surface area (Å²) in [5.41, 5.74) is 4.14. The molecule has 8 nitrogen and oxygen atoms in total. The molecular formula is C13H25N3O5S. The minimum absolute atomic E-state index is 0.104. The van der Waals surface area contributed by atoms with Crippen LogP contribution in [0.2, 0.25) is 0 Å². The van der Waals surface area contributed by atoms with Crippen molar-refractivity contribution >= 4 is 30.4 Å². The molecule has 0 aromatic carbocycles. The van der Waals surface area contributed by atoms with Crippen molar-refractivity contribution in [3.63, 3.8) is 0 Å². The number of rotatable bonds is 10. The van der Waals surface area contributed by atoms with Gasteiger partial charge in [0.15, 0.2) is 0 Å². The Balaban J connectivity index is 4.18. The topological polar surface area (TPSA) is 131 Å². The molecule has 0 rings (SSSR count). The van der Waals surface area contributed by atoms with E-state index in [9.17, 15) is 19.5 Å². The van der Waals surface area contributed by atoms with Crippen LogP contribution >= 0.6 is 12.6 Å². The summed E-state index contributed by atoms with van der Waals surface area (Å²) in [5.74, 6) is -0.913. The van der Waals surface area contributed by atoms with Crippen LogP contribution in [0, 0.1) is 5.41 Å². The zero-order chi connectivity index (χ0) is 17.2. The molecule has 128 valence electrons. The molecule has 0 aliphatic carbocycles. The number of aliphatic hydroxyl groups excluding tert-OH is 1. The van der Waals surface area contributed by atoms with Gasteiger partial charge in [0.25, 0.3) is 0 Å². The van der Waals surface area contributed by atoms with Crippen molar-refractivity contribution in [2.24, 2.45) is 11.1 Å². The van der Waals surface area contributed by atoms with Crippen molar-refractivity contribution in [2.75, 3.05) is 32.0 Å². The van der Waals surface area contributed by atoms with Gasteiger partial charge in [-0.15, -0.1) is 0 Å². The molecule has 0 spiro atoms. The number of nitrogens with two attached hydrogens (primary N) is 1. The van der Waals surface area contributed by atoms with E-state index in [0.29, 0.717) is 12.3 Å². The molecule has 1 unspecified atom stereocenters. The first-order valence-electron chi connectivity index (χ1n) is 6.93. The molecule has 0 bridgehead atoms. The number of carbonyl (C=O) groups is 3. The Labute approximate surface area is 135 Å². The van der Waals surface area contributed by atoms with Crippen molar-refractivity contribution in [3.05, 3.63) is 0 Å². The summed E-state index contributed by atoms with van der Waals surface area (Å²) < 4.78 is 4.84. The maximum Gasteiger partial charge on any atom is 0.319 e. The lowest BCUT2D eigenvalue weighted by Crippen LogP contribution is -2.47. The van der Waals surface area contributed by atoms with E-state index in [1.165, 1.54) is 0 Å². The van der Waals surface area contributed by atoms with Gasteiger partial charge in [0.2, 0.25) is 11.8 Å². The second-order valence-corrected chi connectivity index (χ2v) is 5.82. The van der Waals surface area contributed by atoms with Crippen molar-refractivity contribution in [2.45, 2.75) is 26.4 Å². The first-order valence-corrected chi connectivity index (χ1v) is 7.57. The SMILES string of the molecule is CC(C)(COC(=O)CN)C(O)C(=O)NCCC(=O)NCCS. The molecule has 9 heteroatoms. The third-order valence-electron chi connectivity index (χ3n) is 2.85. The number of esters is 1. The number of aliphatic hydroxyl groups is 1. The van der Waals surface area contributed by atoms with E-state index in [1.807, 2.05) is 0 Å². The molecule has 0 radical (unpaired) electrons. The third kappa shape index (κ3) is 8.20. The summed E-state index contributed by atoms with van der Waals surface area (Å²) in [6, 6.07) is 0. The Morgan fingerprint density at radius 3 is 2.45 bits per heavy atom. The maximum absolute atomic E-state index is 11.8. The van der Waals surface area contributed by atoms with Gasteiger partial charge >= 0.3 is 5.97 Å². The molecule has 2 amide bonds. The van der Waals surface area contributed by atoms with Crippen molar-refractivity contribution < 1.29 is 24.2 Å². The minimum atomic E-state index is -1.38. The van der Waals surface area contributed by atoms with Crippen LogP contribution in [0.4, 0.5) is 0 Å². The van der Waals surface area contributed by atoms with Gasteiger partial charge in [0.1, 0.15) is 6.10 Å². The van der Waals surface area contributed by atoms with E-state index in [2.05, 4.69) is 23.3 Å². The van der Waals surface area contributed by atoms with E-state index in [1.54, 1.807) is 13.8 Å². The van der Waals surface area contributed by atoms with E-state index in [0.717, 1.165) is 0 Å². The van der Waals surface area contributed by atoms with Gasteiger partial charge in [0.05, 0.1) is 13.2 Å². The van der Waals surface area contributed by atoms with Gasteiger partial charge in [-0.1, -0.05) is 13.8 Å². The van der Waals surface area contributed by atoms with Crippen LogP contribution in [-0.4, -0.2) is 61.0 Å². The molecule has 0 saturated heterocycles. The van der Waals surface area contributed by atoms with Crippen LogP contribution in [0.5, 0.6) is 0 Å². The smallest absolute Gasteiger partial charge is 0.319 e. The van der Waals surface area contributed by atoms with Gasteiger partial charge in [-0.25, -0.2) is 0 Å². The first kappa shape index (κ1) is 20.7. The highest BCUT2D eigenvalue weighted by atomic mass is 32.1. The van der Waals surface area contributed by atoms with Crippen molar-refractivity contribution in [1.29, 1.82) is 0 Å². The summed E-state index contributed by atoms with van der Waals surface area (Å²) in [4.78, 5) is 34.2. The summed E-state index contributed by atoms with van der Waals surface area (Å²) in [7, 11) is 0. The van der Waals surface area contributed by atoms with Crippen LogP contribution in [0.1, 0.15) is 20.3 Å². The summed E-state index contributed by atoms with van der Waals surface area (Å²) >= 11 is 3.96. The second kappa shape index (κ2) is 10.4. The highest BCUT2D eigenvalue weighted by molar-refractivity contribution is 7.80. The van der Waals surface area contributed by atoms with Gasteiger partial charge < -0.3 is 26.2 Å². The lowest BCUT2D eigenvalue weighted by atomic mass is 9.87. The van der Waals surface area contributed by atoms with Crippen molar-refractivity contribution in [3.8, 4) is 0 Å². The number of hydrogen-bond acceptors (Lipinski definition) is 7. The summed E-state index contributed by atoms with van der Waals surface area (Å²) in [5, 5.41) is 15.1. The Bertz CT molecular complexity index is 390. The largest absolute Gasteiger partial charge is 0.464 e. The van der Waals surface area contributed by atoms with E-state index >= 15 is 0 Å². The van der Waals surface area contributed by atoms with Gasteiger partial charge in [0, 0.05) is 30.7 Å². The number of nitrogens with one attached hydrogen (secondary N) is 2. The highest BCUT2D eigenvalue weighted by Gasteiger charge is 2.34. The zero-order valence-electron chi connectivity index (χ0n) is 12.9. The van der Waals surface area contributed by atoms with Crippen LogP contribution in [0.25, 0.3) is 0 Å². The molecule has 0 aliphatic rings. The average Bonchev–Trinajstić information content (AvgIpc) is 2.49. The van der Waals surface area contributed by atoms with Gasteiger partial charge in [-0.05, 0) is 0 Å². The second-order valence-electron chi connectivity index (χ2n) is 5.37. The van der Waals surface area contributed by atoms with Crippen LogP contribution in [0.3, 0.4) is 0 Å². The Hall–Kier alpha value is -1.32. The fraction of sp³-hybridized carbons (Fsp3) is 0.769. The molecule has 0 saturated carbocycles. The molecule has 0 aromatic heterocycles. The predicted molar refractivity (Wildman–Crippen MR) is 84.3 cm³/mol. The monoisotopic (exact) mass is 335 g/mol. The lowest BCUT2D eigenvalue weighted by Gasteiger charge is -2.28. The molecule has 0 fully saturated rings. The van der Waals surface area contributed by atoms with Crippen LogP contribution < -0.4 is 16.4 Å². The van der Waals surface area contributed by atoms with E-state index in [4.69, 9.17) is 10.5 Å². The molecule has 22 heavy (non-hydrogen) atoms. The Morgan fingerprint density at radius 1 is 1.27 bits per heavy atom. The minimum Gasteiger partial charge on any atom is -0.464 e. The number of hydrogen-bond donors (Lipinski definition) is 5. The molecule has 5 N–H and O–H groups in total. The first-order chi connectivity index (χ1) is 10.2. The number of thiol groups is 1. The Morgan fingerprint density at radius 2 is 1.91 bits per heavy atom. The maximum atomic E-state index is 11.8. The Kier molecular flexibility index (Phi) is 9.79. The molecule has 0 aromatic rings. The molecule has 0 heterocycles. The predicted octanol–water partition coefficient (Wildman–Crippen LogP) is -1.57. The normalized spacial score (nSPS) is 12.4. The van der Waals surface area contributed by atoms with E-state index in [-0.39, 0.29) is 32.0 Å². The quantitative estimate of drug-likeness (QED) is 0.242.